The minimum absolute atomic E-state index is 0.620. The van der Waals surface area contributed by atoms with Gasteiger partial charge >= 0.3 is 0 Å². The van der Waals surface area contributed by atoms with E-state index < -0.39 is 0 Å². The highest BCUT2D eigenvalue weighted by Gasteiger charge is 2.05. The van der Waals surface area contributed by atoms with Gasteiger partial charge in [-0.15, -0.1) is 0 Å². The third-order valence-corrected chi connectivity index (χ3v) is 2.91. The van der Waals surface area contributed by atoms with Gasteiger partial charge < -0.3 is 20.1 Å². The van der Waals surface area contributed by atoms with E-state index >= 15 is 0 Å². The number of aromatic nitrogens is 2. The van der Waals surface area contributed by atoms with Crippen LogP contribution in [0.15, 0.2) is 30.5 Å². The van der Waals surface area contributed by atoms with Crippen molar-refractivity contribution < 1.29 is 9.47 Å². The summed E-state index contributed by atoms with van der Waals surface area (Å²) in [5.74, 6) is 2.83. The van der Waals surface area contributed by atoms with Crippen molar-refractivity contribution in [3.63, 3.8) is 0 Å². The molecule has 1 heterocycles. The number of nitrogens with one attached hydrogen (secondary N) is 2. The van der Waals surface area contributed by atoms with E-state index in [1.165, 1.54) is 0 Å². The van der Waals surface area contributed by atoms with Crippen LogP contribution in [-0.2, 0) is 6.54 Å². The average Bonchev–Trinajstić information content (AvgIpc) is 2.53. The Hall–Kier alpha value is -2.50. The molecule has 21 heavy (non-hydrogen) atoms. The van der Waals surface area contributed by atoms with Crippen molar-refractivity contribution in [1.29, 1.82) is 0 Å². The molecule has 0 aliphatic rings. The second kappa shape index (κ2) is 7.33. The van der Waals surface area contributed by atoms with Gasteiger partial charge in [0.05, 0.1) is 14.2 Å². The first-order chi connectivity index (χ1) is 10.3. The van der Waals surface area contributed by atoms with E-state index in [0.29, 0.717) is 18.2 Å². The number of rotatable bonds is 7. The molecule has 2 N–H and O–H groups in total. The number of hydrogen-bond donors (Lipinski definition) is 2. The zero-order chi connectivity index (χ0) is 15.1. The third kappa shape index (κ3) is 3.98. The van der Waals surface area contributed by atoms with E-state index in [1.807, 2.05) is 31.2 Å². The molecule has 112 valence electrons. The Morgan fingerprint density at radius 2 is 1.86 bits per heavy atom. The molecule has 2 rings (SSSR count). The van der Waals surface area contributed by atoms with Gasteiger partial charge in [-0.05, 0) is 30.7 Å². The minimum atomic E-state index is 0.620. The number of ether oxygens (including phenoxy) is 2. The molecule has 0 saturated heterocycles. The molecule has 0 aliphatic heterocycles. The van der Waals surface area contributed by atoms with Crippen LogP contribution in [0.4, 0.5) is 11.8 Å². The van der Waals surface area contributed by atoms with Crippen molar-refractivity contribution in [3.05, 3.63) is 36.0 Å². The predicted octanol–water partition coefficient (Wildman–Crippen LogP) is 2.54. The third-order valence-electron chi connectivity index (χ3n) is 2.91. The standard InChI is InChI=1S/C15H20N4O2/c1-4-16-15-17-8-7-14(19-15)18-10-11-5-6-12(20-2)13(9-11)21-3/h5-9H,4,10H2,1-3H3,(H2,16,17,18,19). The summed E-state index contributed by atoms with van der Waals surface area (Å²) < 4.78 is 10.5. The number of anilines is 2. The molecule has 0 aliphatic carbocycles. The zero-order valence-corrected chi connectivity index (χ0v) is 12.5. The molecule has 1 aromatic heterocycles. The van der Waals surface area contributed by atoms with Gasteiger partial charge in [-0.3, -0.25) is 0 Å². The lowest BCUT2D eigenvalue weighted by Crippen LogP contribution is -2.06. The maximum absolute atomic E-state index is 5.29. The van der Waals surface area contributed by atoms with E-state index in [4.69, 9.17) is 9.47 Å². The molecule has 0 radical (unpaired) electrons. The fourth-order valence-corrected chi connectivity index (χ4v) is 1.88. The SMILES string of the molecule is CCNc1nccc(NCc2ccc(OC)c(OC)c2)n1. The summed E-state index contributed by atoms with van der Waals surface area (Å²) in [5, 5.41) is 6.34. The lowest BCUT2D eigenvalue weighted by atomic mass is 10.2. The molecule has 0 bridgehead atoms. The van der Waals surface area contributed by atoms with Crippen LogP contribution < -0.4 is 20.1 Å². The van der Waals surface area contributed by atoms with Gasteiger partial charge in [-0.25, -0.2) is 4.98 Å². The summed E-state index contributed by atoms with van der Waals surface area (Å²) in [4.78, 5) is 8.50. The van der Waals surface area contributed by atoms with Crippen LogP contribution in [0.25, 0.3) is 0 Å². The van der Waals surface area contributed by atoms with Gasteiger partial charge in [-0.1, -0.05) is 6.07 Å². The van der Waals surface area contributed by atoms with Crippen LogP contribution in [-0.4, -0.2) is 30.7 Å². The number of methoxy groups -OCH3 is 2. The summed E-state index contributed by atoms with van der Waals surface area (Å²) in [7, 11) is 3.25. The first kappa shape index (κ1) is 14.9. The van der Waals surface area contributed by atoms with Crippen LogP contribution in [0, 0.1) is 0 Å². The highest BCUT2D eigenvalue weighted by Crippen LogP contribution is 2.27. The molecule has 0 amide bonds. The second-order valence-corrected chi connectivity index (χ2v) is 4.34. The predicted molar refractivity (Wildman–Crippen MR) is 83.1 cm³/mol. The minimum Gasteiger partial charge on any atom is -0.493 e. The van der Waals surface area contributed by atoms with E-state index in [0.717, 1.165) is 23.7 Å². The van der Waals surface area contributed by atoms with Gasteiger partial charge in [0.1, 0.15) is 5.82 Å². The zero-order valence-electron chi connectivity index (χ0n) is 12.5. The van der Waals surface area contributed by atoms with Crippen LogP contribution >= 0.6 is 0 Å². The smallest absolute Gasteiger partial charge is 0.224 e. The van der Waals surface area contributed by atoms with Gasteiger partial charge in [-0.2, -0.15) is 4.98 Å². The van der Waals surface area contributed by atoms with E-state index in [1.54, 1.807) is 20.4 Å². The van der Waals surface area contributed by atoms with Crippen molar-refractivity contribution in [3.8, 4) is 11.5 Å². The van der Waals surface area contributed by atoms with Crippen molar-refractivity contribution in [2.75, 3.05) is 31.4 Å². The largest absolute Gasteiger partial charge is 0.493 e. The fourth-order valence-electron chi connectivity index (χ4n) is 1.88. The molecule has 2 aromatic rings. The van der Waals surface area contributed by atoms with Crippen molar-refractivity contribution >= 4 is 11.8 Å². The topological polar surface area (TPSA) is 68.3 Å². The second-order valence-electron chi connectivity index (χ2n) is 4.34. The molecule has 6 nitrogen and oxygen atoms in total. The maximum Gasteiger partial charge on any atom is 0.224 e. The van der Waals surface area contributed by atoms with Crippen LogP contribution in [0.5, 0.6) is 11.5 Å². The number of benzene rings is 1. The number of nitrogens with zero attached hydrogens (tertiary/aromatic N) is 2. The maximum atomic E-state index is 5.29. The Bertz CT molecular complexity index is 590. The average molecular weight is 288 g/mol. The molecule has 0 atom stereocenters. The van der Waals surface area contributed by atoms with Crippen molar-refractivity contribution in [2.45, 2.75) is 13.5 Å². The van der Waals surface area contributed by atoms with Crippen LogP contribution in [0.3, 0.4) is 0 Å². The summed E-state index contributed by atoms with van der Waals surface area (Å²) in [6, 6.07) is 7.65. The van der Waals surface area contributed by atoms with Crippen molar-refractivity contribution in [1.82, 2.24) is 9.97 Å². The summed E-state index contributed by atoms with van der Waals surface area (Å²) in [5.41, 5.74) is 1.08. The lowest BCUT2D eigenvalue weighted by molar-refractivity contribution is 0.354. The Labute approximate surface area is 124 Å². The Morgan fingerprint density at radius 1 is 1.05 bits per heavy atom. The Morgan fingerprint density at radius 3 is 2.57 bits per heavy atom. The molecule has 0 spiro atoms. The Kier molecular flexibility index (Phi) is 5.20. The number of hydrogen-bond acceptors (Lipinski definition) is 6. The van der Waals surface area contributed by atoms with Gasteiger partial charge in [0.25, 0.3) is 0 Å². The summed E-state index contributed by atoms with van der Waals surface area (Å²) in [6.07, 6.45) is 1.72. The first-order valence-corrected chi connectivity index (χ1v) is 6.78. The van der Waals surface area contributed by atoms with E-state index in [-0.39, 0.29) is 0 Å². The monoisotopic (exact) mass is 288 g/mol. The molecule has 6 heteroatoms. The fraction of sp³-hybridized carbons (Fsp3) is 0.333. The van der Waals surface area contributed by atoms with Crippen molar-refractivity contribution in [2.24, 2.45) is 0 Å². The van der Waals surface area contributed by atoms with Crippen LogP contribution in [0.1, 0.15) is 12.5 Å². The highest BCUT2D eigenvalue weighted by atomic mass is 16.5. The normalized spacial score (nSPS) is 10.0. The van der Waals surface area contributed by atoms with Gasteiger partial charge in [0.15, 0.2) is 11.5 Å². The van der Waals surface area contributed by atoms with E-state index in [2.05, 4.69) is 20.6 Å². The molecule has 0 unspecified atom stereocenters. The Balaban J connectivity index is 2.04. The van der Waals surface area contributed by atoms with Crippen LogP contribution in [0.2, 0.25) is 0 Å². The first-order valence-electron chi connectivity index (χ1n) is 6.78. The lowest BCUT2D eigenvalue weighted by Gasteiger charge is -2.11. The highest BCUT2D eigenvalue weighted by molar-refractivity contribution is 5.45. The molecule has 1 aromatic carbocycles. The summed E-state index contributed by atoms with van der Waals surface area (Å²) >= 11 is 0. The molecular formula is C15H20N4O2. The molecular weight excluding hydrogens is 268 g/mol. The quantitative estimate of drug-likeness (QED) is 0.816. The van der Waals surface area contributed by atoms with E-state index in [9.17, 15) is 0 Å². The molecule has 0 saturated carbocycles. The van der Waals surface area contributed by atoms with Gasteiger partial charge in [0, 0.05) is 19.3 Å². The molecule has 0 fully saturated rings. The van der Waals surface area contributed by atoms with Gasteiger partial charge in [0.2, 0.25) is 5.95 Å². The summed E-state index contributed by atoms with van der Waals surface area (Å²) in [6.45, 7) is 3.44.